The molecule has 114 valence electrons. The average Bonchev–Trinajstić information content (AvgIpc) is 2.54. The minimum atomic E-state index is 0.113. The van der Waals surface area contributed by atoms with Gasteiger partial charge in [0.25, 0.3) is 0 Å². The second kappa shape index (κ2) is 7.87. The lowest BCUT2D eigenvalue weighted by molar-refractivity contribution is 0.175. The molecular formula is C16H23N3O2. The molecule has 0 bridgehead atoms. The predicted molar refractivity (Wildman–Crippen MR) is 81.6 cm³/mol. The number of benzene rings is 1. The van der Waals surface area contributed by atoms with E-state index in [9.17, 15) is 0 Å². The Labute approximate surface area is 126 Å². The Balaban J connectivity index is 2.26. The van der Waals surface area contributed by atoms with Crippen molar-refractivity contribution < 1.29 is 9.47 Å². The largest absolute Gasteiger partial charge is 0.493 e. The van der Waals surface area contributed by atoms with Crippen LogP contribution in [0.15, 0.2) is 18.2 Å². The molecular weight excluding hydrogens is 266 g/mol. The number of hydrogen-bond donors (Lipinski definition) is 1. The van der Waals surface area contributed by atoms with E-state index >= 15 is 0 Å². The van der Waals surface area contributed by atoms with Gasteiger partial charge in [-0.25, -0.2) is 0 Å². The minimum Gasteiger partial charge on any atom is -0.493 e. The maximum atomic E-state index is 9.15. The lowest BCUT2D eigenvalue weighted by atomic mass is 10.0. The van der Waals surface area contributed by atoms with E-state index in [1.807, 2.05) is 25.1 Å². The van der Waals surface area contributed by atoms with E-state index in [-0.39, 0.29) is 6.04 Å². The molecule has 1 N–H and O–H groups in total. The van der Waals surface area contributed by atoms with Gasteiger partial charge < -0.3 is 14.8 Å². The molecule has 1 aromatic rings. The molecule has 0 radical (unpaired) electrons. The summed E-state index contributed by atoms with van der Waals surface area (Å²) in [6.07, 6.45) is 0.484. The highest BCUT2D eigenvalue weighted by atomic mass is 16.5. The molecule has 0 amide bonds. The van der Waals surface area contributed by atoms with Crippen molar-refractivity contribution in [1.82, 2.24) is 10.2 Å². The first-order chi connectivity index (χ1) is 10.3. The van der Waals surface area contributed by atoms with Crippen molar-refractivity contribution in [3.8, 4) is 17.6 Å². The zero-order valence-electron chi connectivity index (χ0n) is 12.8. The van der Waals surface area contributed by atoms with E-state index in [4.69, 9.17) is 14.7 Å². The summed E-state index contributed by atoms with van der Waals surface area (Å²) >= 11 is 0. The Morgan fingerprint density at radius 2 is 2.10 bits per heavy atom. The van der Waals surface area contributed by atoms with Gasteiger partial charge in [0.2, 0.25) is 0 Å². The molecule has 1 aliphatic rings. The van der Waals surface area contributed by atoms with Gasteiger partial charge in [0.15, 0.2) is 11.5 Å². The highest BCUT2D eigenvalue weighted by Crippen LogP contribution is 2.33. The Hall–Kier alpha value is -1.77. The Morgan fingerprint density at radius 3 is 2.71 bits per heavy atom. The highest BCUT2D eigenvalue weighted by Gasteiger charge is 2.23. The summed E-state index contributed by atoms with van der Waals surface area (Å²) in [5.74, 6) is 1.48. The third-order valence-corrected chi connectivity index (χ3v) is 3.75. The normalized spacial score (nSPS) is 17.0. The topological polar surface area (TPSA) is 57.5 Å². The van der Waals surface area contributed by atoms with Gasteiger partial charge in [-0.05, 0) is 24.6 Å². The highest BCUT2D eigenvalue weighted by molar-refractivity contribution is 5.44. The summed E-state index contributed by atoms with van der Waals surface area (Å²) in [4.78, 5) is 2.36. The standard InChI is InChI=1S/C16H23N3O2/c1-3-21-16-12-13(4-5-15(16)20-2)14(6-7-17)19-10-8-18-9-11-19/h4-5,12,14,18H,3,6,8-11H2,1-2H3/t14-/m1/s1. The van der Waals surface area contributed by atoms with E-state index in [0.29, 0.717) is 13.0 Å². The van der Waals surface area contributed by atoms with Gasteiger partial charge in [0.1, 0.15) is 0 Å². The molecule has 1 heterocycles. The van der Waals surface area contributed by atoms with Crippen LogP contribution in [0.1, 0.15) is 24.9 Å². The molecule has 0 aromatic heterocycles. The number of methoxy groups -OCH3 is 1. The van der Waals surface area contributed by atoms with Crippen LogP contribution in [-0.4, -0.2) is 44.8 Å². The molecule has 1 saturated heterocycles. The molecule has 1 atom stereocenters. The van der Waals surface area contributed by atoms with Gasteiger partial charge in [0, 0.05) is 32.2 Å². The van der Waals surface area contributed by atoms with Crippen LogP contribution in [0.2, 0.25) is 0 Å². The van der Waals surface area contributed by atoms with Crippen molar-refractivity contribution in [3.05, 3.63) is 23.8 Å². The Morgan fingerprint density at radius 1 is 1.33 bits per heavy atom. The van der Waals surface area contributed by atoms with Gasteiger partial charge >= 0.3 is 0 Å². The minimum absolute atomic E-state index is 0.113. The lowest BCUT2D eigenvalue weighted by Gasteiger charge is -2.34. The summed E-state index contributed by atoms with van der Waals surface area (Å²) in [5.41, 5.74) is 1.11. The number of ether oxygens (including phenoxy) is 2. The maximum Gasteiger partial charge on any atom is 0.161 e. The smallest absolute Gasteiger partial charge is 0.161 e. The van der Waals surface area contributed by atoms with Crippen molar-refractivity contribution >= 4 is 0 Å². The van der Waals surface area contributed by atoms with E-state index < -0.39 is 0 Å². The second-order valence-corrected chi connectivity index (χ2v) is 5.01. The van der Waals surface area contributed by atoms with Crippen molar-refractivity contribution in [2.24, 2.45) is 0 Å². The summed E-state index contributed by atoms with van der Waals surface area (Å²) in [5, 5.41) is 12.5. The molecule has 5 heteroatoms. The van der Waals surface area contributed by atoms with Crippen LogP contribution in [0, 0.1) is 11.3 Å². The van der Waals surface area contributed by atoms with Crippen molar-refractivity contribution in [3.63, 3.8) is 0 Å². The van der Waals surface area contributed by atoms with Crippen LogP contribution < -0.4 is 14.8 Å². The number of piperazine rings is 1. The summed E-state index contributed by atoms with van der Waals surface area (Å²) in [6, 6.07) is 8.39. The van der Waals surface area contributed by atoms with E-state index in [1.54, 1.807) is 7.11 Å². The third kappa shape index (κ3) is 3.87. The van der Waals surface area contributed by atoms with Gasteiger partial charge in [-0.2, -0.15) is 5.26 Å². The summed E-state index contributed by atoms with van der Waals surface area (Å²) < 4.78 is 11.0. The first-order valence-electron chi connectivity index (χ1n) is 7.42. The molecule has 2 rings (SSSR count). The van der Waals surface area contributed by atoms with Crippen LogP contribution in [0.4, 0.5) is 0 Å². The summed E-state index contributed by atoms with van der Waals surface area (Å²) in [6.45, 7) is 6.41. The van der Waals surface area contributed by atoms with Gasteiger partial charge in [-0.15, -0.1) is 0 Å². The summed E-state index contributed by atoms with van der Waals surface area (Å²) in [7, 11) is 1.64. The molecule has 0 aliphatic carbocycles. The molecule has 1 aliphatic heterocycles. The van der Waals surface area contributed by atoms with Crippen molar-refractivity contribution in [2.75, 3.05) is 39.9 Å². The van der Waals surface area contributed by atoms with E-state index in [2.05, 4.69) is 16.3 Å². The molecule has 21 heavy (non-hydrogen) atoms. The predicted octanol–water partition coefficient (Wildman–Crippen LogP) is 1.95. The van der Waals surface area contributed by atoms with E-state index in [1.165, 1.54) is 0 Å². The number of rotatable bonds is 6. The SMILES string of the molecule is CCOc1cc([C@@H](CC#N)N2CCNCC2)ccc1OC. The van der Waals surface area contributed by atoms with Crippen LogP contribution >= 0.6 is 0 Å². The van der Waals surface area contributed by atoms with Gasteiger partial charge in [-0.1, -0.05) is 6.07 Å². The van der Waals surface area contributed by atoms with Gasteiger partial charge in [-0.3, -0.25) is 4.90 Å². The first-order valence-corrected chi connectivity index (χ1v) is 7.42. The number of nitrogens with one attached hydrogen (secondary N) is 1. The molecule has 0 saturated carbocycles. The second-order valence-electron chi connectivity index (χ2n) is 5.01. The quantitative estimate of drug-likeness (QED) is 0.867. The average molecular weight is 289 g/mol. The first kappa shape index (κ1) is 15.6. The fraction of sp³-hybridized carbons (Fsp3) is 0.562. The third-order valence-electron chi connectivity index (χ3n) is 3.75. The molecule has 5 nitrogen and oxygen atoms in total. The number of nitriles is 1. The molecule has 0 unspecified atom stereocenters. The van der Waals surface area contributed by atoms with Crippen molar-refractivity contribution in [1.29, 1.82) is 5.26 Å². The zero-order valence-corrected chi connectivity index (χ0v) is 12.8. The van der Waals surface area contributed by atoms with Crippen LogP contribution in [0.3, 0.4) is 0 Å². The number of hydrogen-bond acceptors (Lipinski definition) is 5. The molecule has 1 aromatic carbocycles. The fourth-order valence-electron chi connectivity index (χ4n) is 2.71. The molecule has 0 spiro atoms. The maximum absolute atomic E-state index is 9.15. The Kier molecular flexibility index (Phi) is 5.85. The zero-order chi connectivity index (χ0) is 15.1. The lowest BCUT2D eigenvalue weighted by Crippen LogP contribution is -2.45. The number of nitrogens with zero attached hydrogens (tertiary/aromatic N) is 2. The van der Waals surface area contributed by atoms with Crippen LogP contribution in [-0.2, 0) is 0 Å². The van der Waals surface area contributed by atoms with Crippen molar-refractivity contribution in [2.45, 2.75) is 19.4 Å². The van der Waals surface area contributed by atoms with Crippen LogP contribution in [0.5, 0.6) is 11.5 Å². The van der Waals surface area contributed by atoms with E-state index in [0.717, 1.165) is 43.2 Å². The monoisotopic (exact) mass is 289 g/mol. The van der Waals surface area contributed by atoms with Crippen LogP contribution in [0.25, 0.3) is 0 Å². The fourth-order valence-corrected chi connectivity index (χ4v) is 2.71. The molecule has 1 fully saturated rings. The van der Waals surface area contributed by atoms with Gasteiger partial charge in [0.05, 0.1) is 26.2 Å². The Bertz CT molecular complexity index is 493.